The van der Waals surface area contributed by atoms with Gasteiger partial charge in [-0.1, -0.05) is 12.1 Å². The van der Waals surface area contributed by atoms with Crippen LogP contribution in [0.5, 0.6) is 0 Å². The second-order valence-electron chi connectivity index (χ2n) is 4.11. The fraction of sp³-hybridized carbons (Fsp3) is 0.308. The molecule has 18 heavy (non-hydrogen) atoms. The molecule has 1 heterocycles. The molecule has 5 nitrogen and oxygen atoms in total. The second-order valence-corrected chi connectivity index (χ2v) is 4.11. The summed E-state index contributed by atoms with van der Waals surface area (Å²) in [6.07, 6.45) is 1.86. The van der Waals surface area contributed by atoms with E-state index in [4.69, 9.17) is 0 Å². The van der Waals surface area contributed by atoms with E-state index >= 15 is 0 Å². The topological polar surface area (TPSA) is 70.3 Å². The third kappa shape index (κ3) is 2.76. The molecule has 3 N–H and O–H groups in total. The molecule has 0 amide bonds. The maximum Gasteiger partial charge on any atom is 0.106 e. The van der Waals surface area contributed by atoms with E-state index < -0.39 is 12.2 Å². The van der Waals surface area contributed by atoms with Crippen LogP contribution in [0.3, 0.4) is 0 Å². The normalized spacial score (nSPS) is 14.4. The van der Waals surface area contributed by atoms with Gasteiger partial charge in [0.05, 0.1) is 11.8 Å². The van der Waals surface area contributed by atoms with Gasteiger partial charge in [-0.15, -0.1) is 0 Å². The molecule has 0 bridgehead atoms. The van der Waals surface area contributed by atoms with Crippen molar-refractivity contribution in [3.8, 4) is 5.69 Å². The van der Waals surface area contributed by atoms with Gasteiger partial charge in [-0.2, -0.15) is 5.10 Å². The van der Waals surface area contributed by atoms with Gasteiger partial charge in [-0.25, -0.2) is 4.68 Å². The van der Waals surface area contributed by atoms with Crippen molar-refractivity contribution in [2.75, 3.05) is 13.6 Å². The van der Waals surface area contributed by atoms with E-state index in [1.165, 1.54) is 0 Å². The summed E-state index contributed by atoms with van der Waals surface area (Å²) in [7, 11) is 1.73. The molecule has 0 aliphatic heterocycles. The highest BCUT2D eigenvalue weighted by Gasteiger charge is 2.17. The third-order valence-electron chi connectivity index (χ3n) is 2.78. The van der Waals surface area contributed by atoms with Crippen molar-refractivity contribution in [1.82, 2.24) is 15.1 Å². The standard InChI is InChI=1S/C13H17N3O2/c1-14-9-12(17)13(18)10-3-5-11(6-4-10)16-8-2-7-15-16/h2-8,12-14,17-18H,9H2,1H3. The zero-order chi connectivity index (χ0) is 13.0. The molecule has 5 heteroatoms. The van der Waals surface area contributed by atoms with Crippen molar-refractivity contribution >= 4 is 0 Å². The Morgan fingerprint density at radius 3 is 2.56 bits per heavy atom. The Morgan fingerprint density at radius 1 is 1.28 bits per heavy atom. The zero-order valence-corrected chi connectivity index (χ0v) is 10.2. The van der Waals surface area contributed by atoms with Crippen molar-refractivity contribution in [3.05, 3.63) is 48.3 Å². The molecule has 2 unspecified atom stereocenters. The van der Waals surface area contributed by atoms with Crippen LogP contribution in [-0.2, 0) is 0 Å². The Balaban J connectivity index is 2.12. The van der Waals surface area contributed by atoms with Crippen LogP contribution in [-0.4, -0.2) is 39.7 Å². The summed E-state index contributed by atoms with van der Waals surface area (Å²) in [6.45, 7) is 0.349. The molecule has 0 radical (unpaired) electrons. The first-order valence-electron chi connectivity index (χ1n) is 5.83. The SMILES string of the molecule is CNCC(O)C(O)c1ccc(-n2cccn2)cc1. The quantitative estimate of drug-likeness (QED) is 0.719. The fourth-order valence-corrected chi connectivity index (χ4v) is 1.79. The van der Waals surface area contributed by atoms with Crippen molar-refractivity contribution in [1.29, 1.82) is 0 Å². The predicted octanol–water partition coefficient (Wildman–Crippen LogP) is 0.486. The molecular formula is C13H17N3O2. The Hall–Kier alpha value is -1.69. The molecule has 2 rings (SSSR count). The van der Waals surface area contributed by atoms with Crippen molar-refractivity contribution < 1.29 is 10.2 Å². The van der Waals surface area contributed by atoms with E-state index in [-0.39, 0.29) is 0 Å². The maximum atomic E-state index is 9.93. The van der Waals surface area contributed by atoms with E-state index in [0.29, 0.717) is 12.1 Å². The van der Waals surface area contributed by atoms with Crippen molar-refractivity contribution in [3.63, 3.8) is 0 Å². The second kappa shape index (κ2) is 5.77. The first-order valence-corrected chi connectivity index (χ1v) is 5.83. The van der Waals surface area contributed by atoms with E-state index in [0.717, 1.165) is 5.69 Å². The zero-order valence-electron chi connectivity index (χ0n) is 10.2. The van der Waals surface area contributed by atoms with Gasteiger partial charge in [0.1, 0.15) is 6.10 Å². The van der Waals surface area contributed by atoms with Gasteiger partial charge in [0.25, 0.3) is 0 Å². The van der Waals surface area contributed by atoms with Gasteiger partial charge in [0.2, 0.25) is 0 Å². The minimum Gasteiger partial charge on any atom is -0.389 e. The molecule has 0 saturated carbocycles. The lowest BCUT2D eigenvalue weighted by molar-refractivity contribution is 0.0202. The molecule has 2 atom stereocenters. The lowest BCUT2D eigenvalue weighted by atomic mass is 10.0. The van der Waals surface area contributed by atoms with Crippen LogP contribution in [0.1, 0.15) is 11.7 Å². The average molecular weight is 247 g/mol. The van der Waals surface area contributed by atoms with Crippen LogP contribution in [0.15, 0.2) is 42.7 Å². The maximum absolute atomic E-state index is 9.93. The number of rotatable bonds is 5. The number of hydrogen-bond donors (Lipinski definition) is 3. The highest BCUT2D eigenvalue weighted by atomic mass is 16.3. The van der Waals surface area contributed by atoms with Gasteiger partial charge in [0, 0.05) is 18.9 Å². The minimum absolute atomic E-state index is 0.349. The molecular weight excluding hydrogens is 230 g/mol. The summed E-state index contributed by atoms with van der Waals surface area (Å²) in [5.74, 6) is 0. The van der Waals surface area contributed by atoms with Gasteiger partial charge in [-0.3, -0.25) is 0 Å². The molecule has 0 aliphatic rings. The van der Waals surface area contributed by atoms with Crippen LogP contribution in [0.2, 0.25) is 0 Å². The largest absolute Gasteiger partial charge is 0.389 e. The Morgan fingerprint density at radius 2 is 2.00 bits per heavy atom. The van der Waals surface area contributed by atoms with Crippen LogP contribution < -0.4 is 5.32 Å². The summed E-state index contributed by atoms with van der Waals surface area (Å²) < 4.78 is 1.74. The molecule has 0 aliphatic carbocycles. The van der Waals surface area contributed by atoms with Gasteiger partial charge >= 0.3 is 0 Å². The van der Waals surface area contributed by atoms with Gasteiger partial charge in [-0.05, 0) is 30.8 Å². The lowest BCUT2D eigenvalue weighted by Gasteiger charge is -2.18. The van der Waals surface area contributed by atoms with Crippen molar-refractivity contribution in [2.45, 2.75) is 12.2 Å². The summed E-state index contributed by atoms with van der Waals surface area (Å²) in [6, 6.07) is 9.15. The van der Waals surface area contributed by atoms with Crippen molar-refractivity contribution in [2.24, 2.45) is 0 Å². The Labute approximate surface area is 106 Å². The highest BCUT2D eigenvalue weighted by molar-refractivity contribution is 5.34. The summed E-state index contributed by atoms with van der Waals surface area (Å²) in [4.78, 5) is 0. The number of nitrogens with zero attached hydrogens (tertiary/aromatic N) is 2. The number of aliphatic hydroxyl groups excluding tert-OH is 2. The molecule has 96 valence electrons. The number of aliphatic hydroxyl groups is 2. The van der Waals surface area contributed by atoms with Crippen LogP contribution in [0.25, 0.3) is 5.69 Å². The summed E-state index contributed by atoms with van der Waals surface area (Å²) in [5.41, 5.74) is 1.60. The molecule has 1 aromatic heterocycles. The van der Waals surface area contributed by atoms with E-state index in [1.54, 1.807) is 30.1 Å². The predicted molar refractivity (Wildman–Crippen MR) is 68.5 cm³/mol. The lowest BCUT2D eigenvalue weighted by Crippen LogP contribution is -2.29. The number of aromatic nitrogens is 2. The van der Waals surface area contributed by atoms with E-state index in [1.807, 2.05) is 24.4 Å². The highest BCUT2D eigenvalue weighted by Crippen LogP contribution is 2.18. The van der Waals surface area contributed by atoms with Crippen LogP contribution >= 0.6 is 0 Å². The number of hydrogen-bond acceptors (Lipinski definition) is 4. The fourth-order valence-electron chi connectivity index (χ4n) is 1.79. The summed E-state index contributed by atoms with van der Waals surface area (Å²) in [5, 5.41) is 26.6. The molecule has 0 fully saturated rings. The summed E-state index contributed by atoms with van der Waals surface area (Å²) >= 11 is 0. The number of nitrogens with one attached hydrogen (secondary N) is 1. The monoisotopic (exact) mass is 247 g/mol. The Bertz CT molecular complexity index is 467. The molecule has 0 spiro atoms. The van der Waals surface area contributed by atoms with Crippen LogP contribution in [0, 0.1) is 0 Å². The van der Waals surface area contributed by atoms with E-state index in [2.05, 4.69) is 10.4 Å². The smallest absolute Gasteiger partial charge is 0.106 e. The molecule has 2 aromatic rings. The average Bonchev–Trinajstić information content (AvgIpc) is 2.92. The third-order valence-corrected chi connectivity index (χ3v) is 2.78. The van der Waals surface area contributed by atoms with Gasteiger partial charge in [0.15, 0.2) is 0 Å². The first-order chi connectivity index (χ1) is 8.72. The van der Waals surface area contributed by atoms with E-state index in [9.17, 15) is 10.2 Å². The first kappa shape index (κ1) is 12.8. The number of likely N-dealkylation sites (N-methyl/N-ethyl adjacent to an activating group) is 1. The molecule has 1 aromatic carbocycles. The van der Waals surface area contributed by atoms with Crippen LogP contribution in [0.4, 0.5) is 0 Å². The molecule has 0 saturated heterocycles. The Kier molecular flexibility index (Phi) is 4.09. The number of benzene rings is 1. The van der Waals surface area contributed by atoms with Gasteiger partial charge < -0.3 is 15.5 Å². The minimum atomic E-state index is -0.885.